The lowest BCUT2D eigenvalue weighted by molar-refractivity contribution is -0.106. The van der Waals surface area contributed by atoms with E-state index in [1.807, 2.05) is 0 Å². The van der Waals surface area contributed by atoms with Gasteiger partial charge in [-0.1, -0.05) is 26.0 Å². The minimum absolute atomic E-state index is 0.121. The molecule has 0 spiro atoms. The van der Waals surface area contributed by atoms with E-state index in [0.29, 0.717) is 37.8 Å². The van der Waals surface area contributed by atoms with Crippen LogP contribution >= 0.6 is 0 Å². The fraction of sp³-hybridized carbons (Fsp3) is 0.682. The zero-order chi connectivity index (χ0) is 20.1. The molecular weight excluding hydrogens is 354 g/mol. The van der Waals surface area contributed by atoms with Gasteiger partial charge in [-0.25, -0.2) is 4.99 Å². The molecule has 0 bridgehead atoms. The highest BCUT2D eigenvalue weighted by atomic mass is 16.5. The van der Waals surface area contributed by atoms with Crippen LogP contribution in [0.5, 0.6) is 5.75 Å². The number of methoxy groups -OCH3 is 1. The summed E-state index contributed by atoms with van der Waals surface area (Å²) >= 11 is 0. The quantitative estimate of drug-likeness (QED) is 0.407. The van der Waals surface area contributed by atoms with E-state index in [0.717, 1.165) is 36.8 Å². The van der Waals surface area contributed by atoms with Gasteiger partial charge in [-0.15, -0.1) is 0 Å². The number of hydrogen-bond donors (Lipinski definition) is 2. The van der Waals surface area contributed by atoms with E-state index in [-0.39, 0.29) is 5.41 Å². The van der Waals surface area contributed by atoms with E-state index in [2.05, 4.69) is 56.5 Å². The first-order valence-electron chi connectivity index (χ1n) is 10.3. The summed E-state index contributed by atoms with van der Waals surface area (Å²) in [6.07, 6.45) is 1.49. The molecule has 28 heavy (non-hydrogen) atoms. The molecular formula is C22H35N3O3. The van der Waals surface area contributed by atoms with Crippen molar-refractivity contribution in [1.29, 1.82) is 0 Å². The maximum Gasteiger partial charge on any atom is 0.191 e. The standard InChI is InChI=1S/C22H35N3O3/c1-6-23-21(25-19-17-9-10-28-20(17)22(19,3)4)24-14-16-8-7-15(2)13-18(16)27-12-11-26-5/h7-8,13,17,19-20H,6,9-12,14H2,1-5H3,(H2,23,24,25). The van der Waals surface area contributed by atoms with Crippen LogP contribution in [-0.4, -0.2) is 51.6 Å². The average Bonchev–Trinajstić information content (AvgIpc) is 3.12. The smallest absolute Gasteiger partial charge is 0.191 e. The van der Waals surface area contributed by atoms with Gasteiger partial charge in [-0.05, 0) is 31.9 Å². The highest BCUT2D eigenvalue weighted by Crippen LogP contribution is 2.52. The lowest BCUT2D eigenvalue weighted by Crippen LogP contribution is -2.67. The number of ether oxygens (including phenoxy) is 3. The van der Waals surface area contributed by atoms with Crippen molar-refractivity contribution < 1.29 is 14.2 Å². The third-order valence-corrected chi connectivity index (χ3v) is 5.91. The fourth-order valence-electron chi connectivity index (χ4n) is 4.41. The maximum atomic E-state index is 5.91. The molecule has 0 amide bonds. The second-order valence-electron chi connectivity index (χ2n) is 8.33. The van der Waals surface area contributed by atoms with Gasteiger partial charge in [-0.2, -0.15) is 0 Å². The minimum atomic E-state index is 0.121. The second-order valence-corrected chi connectivity index (χ2v) is 8.33. The van der Waals surface area contributed by atoms with Crippen LogP contribution < -0.4 is 15.4 Å². The Morgan fingerprint density at radius 1 is 1.32 bits per heavy atom. The Hall–Kier alpha value is -1.79. The molecule has 0 aromatic heterocycles. The zero-order valence-electron chi connectivity index (χ0n) is 17.9. The van der Waals surface area contributed by atoms with Gasteiger partial charge in [0.15, 0.2) is 5.96 Å². The number of nitrogens with one attached hydrogen (secondary N) is 2. The van der Waals surface area contributed by atoms with Gasteiger partial charge in [0.1, 0.15) is 12.4 Å². The Bertz CT molecular complexity index is 690. The summed E-state index contributed by atoms with van der Waals surface area (Å²) in [7, 11) is 1.68. The molecule has 3 rings (SSSR count). The number of benzene rings is 1. The van der Waals surface area contributed by atoms with E-state index >= 15 is 0 Å². The van der Waals surface area contributed by atoms with Crippen LogP contribution in [0.15, 0.2) is 23.2 Å². The normalized spacial score (nSPS) is 25.8. The van der Waals surface area contributed by atoms with E-state index < -0.39 is 0 Å². The van der Waals surface area contributed by atoms with Gasteiger partial charge < -0.3 is 24.8 Å². The molecule has 0 radical (unpaired) electrons. The van der Waals surface area contributed by atoms with Crippen LogP contribution in [0, 0.1) is 18.3 Å². The molecule has 1 saturated carbocycles. The highest BCUT2D eigenvalue weighted by Gasteiger charge is 2.59. The Morgan fingerprint density at radius 2 is 2.14 bits per heavy atom. The Labute approximate surface area is 169 Å². The molecule has 1 aliphatic heterocycles. The number of guanidine groups is 1. The highest BCUT2D eigenvalue weighted by molar-refractivity contribution is 5.80. The number of aliphatic imine (C=N–C) groups is 1. The summed E-state index contributed by atoms with van der Waals surface area (Å²) in [5.74, 6) is 2.31. The average molecular weight is 390 g/mol. The van der Waals surface area contributed by atoms with E-state index in [1.165, 1.54) is 5.56 Å². The summed E-state index contributed by atoms with van der Waals surface area (Å²) < 4.78 is 16.9. The third-order valence-electron chi connectivity index (χ3n) is 5.91. The van der Waals surface area contributed by atoms with Crippen LogP contribution in [0.3, 0.4) is 0 Å². The maximum absolute atomic E-state index is 5.91. The van der Waals surface area contributed by atoms with E-state index in [4.69, 9.17) is 19.2 Å². The summed E-state index contributed by atoms with van der Waals surface area (Å²) in [6.45, 7) is 12.1. The Kier molecular flexibility index (Phi) is 6.83. The molecule has 3 unspecified atom stereocenters. The number of aryl methyl sites for hydroxylation is 1. The minimum Gasteiger partial charge on any atom is -0.491 e. The predicted octanol–water partition coefficient (Wildman–Crippen LogP) is 2.89. The Balaban J connectivity index is 1.69. The molecule has 2 aliphatic rings. The molecule has 1 saturated heterocycles. The van der Waals surface area contributed by atoms with Gasteiger partial charge in [0.25, 0.3) is 0 Å². The van der Waals surface area contributed by atoms with Gasteiger partial charge in [0.05, 0.1) is 19.3 Å². The monoisotopic (exact) mass is 389 g/mol. The van der Waals surface area contributed by atoms with Gasteiger partial charge in [-0.3, -0.25) is 0 Å². The van der Waals surface area contributed by atoms with Crippen LogP contribution in [0.1, 0.15) is 38.3 Å². The van der Waals surface area contributed by atoms with Gasteiger partial charge in [0.2, 0.25) is 0 Å². The SMILES string of the molecule is CCNC(=NCc1ccc(C)cc1OCCOC)NC1C2CCOC2C1(C)C. The van der Waals surface area contributed by atoms with Crippen LogP contribution in [0.4, 0.5) is 0 Å². The largest absolute Gasteiger partial charge is 0.491 e. The van der Waals surface area contributed by atoms with Crippen molar-refractivity contribution >= 4 is 5.96 Å². The third kappa shape index (κ3) is 4.44. The summed E-state index contributed by atoms with van der Waals surface area (Å²) in [4.78, 5) is 4.85. The molecule has 156 valence electrons. The first-order chi connectivity index (χ1) is 13.5. The fourth-order valence-corrected chi connectivity index (χ4v) is 4.41. The van der Waals surface area contributed by atoms with Crippen molar-refractivity contribution in [3.05, 3.63) is 29.3 Å². The van der Waals surface area contributed by atoms with Gasteiger partial charge >= 0.3 is 0 Å². The van der Waals surface area contributed by atoms with Crippen molar-refractivity contribution in [1.82, 2.24) is 10.6 Å². The van der Waals surface area contributed by atoms with Crippen LogP contribution in [0.2, 0.25) is 0 Å². The van der Waals surface area contributed by atoms with Crippen molar-refractivity contribution in [2.24, 2.45) is 16.3 Å². The number of fused-ring (bicyclic) bond motifs is 1. The molecule has 1 aliphatic carbocycles. The summed E-state index contributed by atoms with van der Waals surface area (Å²) in [5.41, 5.74) is 2.37. The lowest BCUT2D eigenvalue weighted by Gasteiger charge is -2.54. The van der Waals surface area contributed by atoms with E-state index in [9.17, 15) is 0 Å². The van der Waals surface area contributed by atoms with Crippen molar-refractivity contribution in [3.8, 4) is 5.75 Å². The van der Waals surface area contributed by atoms with Gasteiger partial charge in [0, 0.05) is 43.2 Å². The number of rotatable bonds is 8. The number of hydrogen-bond acceptors (Lipinski definition) is 4. The molecule has 1 aromatic rings. The second kappa shape index (κ2) is 9.14. The molecule has 2 fully saturated rings. The Morgan fingerprint density at radius 3 is 2.89 bits per heavy atom. The van der Waals surface area contributed by atoms with E-state index in [1.54, 1.807) is 7.11 Å². The van der Waals surface area contributed by atoms with Crippen molar-refractivity contribution in [2.75, 3.05) is 33.5 Å². The summed E-state index contributed by atoms with van der Waals surface area (Å²) in [5, 5.41) is 7.06. The number of nitrogens with zero attached hydrogens (tertiary/aromatic N) is 1. The van der Waals surface area contributed by atoms with Crippen molar-refractivity contribution in [2.45, 2.75) is 52.8 Å². The zero-order valence-corrected chi connectivity index (χ0v) is 17.9. The van der Waals surface area contributed by atoms with Crippen LogP contribution in [-0.2, 0) is 16.0 Å². The molecule has 1 heterocycles. The first-order valence-corrected chi connectivity index (χ1v) is 10.3. The first kappa shape index (κ1) is 20.9. The lowest BCUT2D eigenvalue weighted by atomic mass is 9.57. The molecule has 6 nitrogen and oxygen atoms in total. The molecule has 1 aromatic carbocycles. The van der Waals surface area contributed by atoms with Crippen molar-refractivity contribution in [3.63, 3.8) is 0 Å². The predicted molar refractivity (Wildman–Crippen MR) is 112 cm³/mol. The summed E-state index contributed by atoms with van der Waals surface area (Å²) in [6, 6.07) is 6.65. The topological polar surface area (TPSA) is 64.1 Å². The molecule has 3 atom stereocenters. The van der Waals surface area contributed by atoms with Crippen LogP contribution in [0.25, 0.3) is 0 Å². The molecule has 2 N–H and O–H groups in total. The molecule has 6 heteroatoms.